The molecule has 2 unspecified atom stereocenters. The second-order valence-electron chi connectivity index (χ2n) is 4.52. The second-order valence-corrected chi connectivity index (χ2v) is 4.52. The Morgan fingerprint density at radius 1 is 1.25 bits per heavy atom. The lowest BCUT2D eigenvalue weighted by Gasteiger charge is -2.33. The number of rotatable bonds is 5. The number of esters is 1. The zero-order valence-corrected chi connectivity index (χ0v) is 10.7. The molecule has 0 heterocycles. The number of halogens is 6. The number of carbonyl (C=O) groups is 1. The fraction of sp³-hybridized carbons (Fsp3) is 0.727. The molecule has 2 atom stereocenters. The van der Waals surface area contributed by atoms with E-state index < -0.39 is 42.9 Å². The van der Waals surface area contributed by atoms with Gasteiger partial charge in [0.2, 0.25) is 0 Å². The van der Waals surface area contributed by atoms with Gasteiger partial charge in [0.05, 0.1) is 6.42 Å². The van der Waals surface area contributed by atoms with E-state index in [2.05, 4.69) is 11.3 Å². The molecule has 20 heavy (non-hydrogen) atoms. The smallest absolute Gasteiger partial charge is 0.417 e. The van der Waals surface area contributed by atoms with E-state index in [1.54, 1.807) is 0 Å². The zero-order valence-electron chi connectivity index (χ0n) is 10.7. The van der Waals surface area contributed by atoms with E-state index in [-0.39, 0.29) is 5.57 Å². The molecular formula is C11H14F6O3. The molecule has 0 saturated carbocycles. The fourth-order valence-corrected chi connectivity index (χ4v) is 1.42. The number of hydrogen-bond acceptors (Lipinski definition) is 3. The first-order chi connectivity index (χ1) is 8.68. The van der Waals surface area contributed by atoms with Crippen molar-refractivity contribution in [2.75, 3.05) is 0 Å². The van der Waals surface area contributed by atoms with Crippen LogP contribution in [0, 0.1) is 0 Å². The molecule has 0 aliphatic carbocycles. The molecule has 1 N–H and O–H groups in total. The Labute approximate surface area is 111 Å². The normalized spacial score (nSPS) is 17.2. The lowest BCUT2D eigenvalue weighted by molar-refractivity contribution is -0.300. The minimum atomic E-state index is -5.51. The first-order valence-corrected chi connectivity index (χ1v) is 5.40. The summed E-state index contributed by atoms with van der Waals surface area (Å²) in [5.41, 5.74) is -4.14. The van der Waals surface area contributed by atoms with Crippen molar-refractivity contribution in [3.8, 4) is 0 Å². The zero-order chi connectivity index (χ0) is 16.4. The number of ether oxygens (including phenoxy) is 1. The third-order valence-electron chi connectivity index (χ3n) is 2.30. The number of aliphatic hydroxyl groups is 1. The molecule has 3 nitrogen and oxygen atoms in total. The average molecular weight is 308 g/mol. The van der Waals surface area contributed by atoms with Crippen molar-refractivity contribution in [1.29, 1.82) is 0 Å². The average Bonchev–Trinajstić information content (AvgIpc) is 2.11. The summed E-state index contributed by atoms with van der Waals surface area (Å²) >= 11 is 0. The lowest BCUT2D eigenvalue weighted by atomic mass is 9.91. The standard InChI is InChI=1S/C11H14F6O3/c1-6(2)8(18)20-7(3)4-9(19,11(15,16)17)5-10(12,13)14/h7,19H,1,4-5H2,2-3H3. The highest BCUT2D eigenvalue weighted by atomic mass is 19.4. The van der Waals surface area contributed by atoms with Gasteiger partial charge in [0.25, 0.3) is 0 Å². The molecule has 0 aromatic rings. The maximum Gasteiger partial charge on any atom is 0.417 e. The topological polar surface area (TPSA) is 46.5 Å². The third kappa shape index (κ3) is 5.81. The Hall–Kier alpha value is -1.25. The van der Waals surface area contributed by atoms with Crippen LogP contribution >= 0.6 is 0 Å². The van der Waals surface area contributed by atoms with Gasteiger partial charge in [0.1, 0.15) is 6.10 Å². The molecule has 0 amide bonds. The van der Waals surface area contributed by atoms with Crippen molar-refractivity contribution < 1.29 is 41.0 Å². The van der Waals surface area contributed by atoms with E-state index in [0.717, 1.165) is 6.92 Å². The van der Waals surface area contributed by atoms with Gasteiger partial charge in [0.15, 0.2) is 5.60 Å². The van der Waals surface area contributed by atoms with Gasteiger partial charge in [-0.3, -0.25) is 0 Å². The highest BCUT2D eigenvalue weighted by Crippen LogP contribution is 2.42. The molecule has 9 heteroatoms. The van der Waals surface area contributed by atoms with Gasteiger partial charge >= 0.3 is 18.3 Å². The van der Waals surface area contributed by atoms with Crippen molar-refractivity contribution >= 4 is 5.97 Å². The summed E-state index contributed by atoms with van der Waals surface area (Å²) in [6, 6.07) is 0. The van der Waals surface area contributed by atoms with Crippen LogP contribution in [0.2, 0.25) is 0 Å². The van der Waals surface area contributed by atoms with Crippen LogP contribution in [-0.4, -0.2) is 35.1 Å². The van der Waals surface area contributed by atoms with Crippen molar-refractivity contribution in [2.24, 2.45) is 0 Å². The Morgan fingerprint density at radius 2 is 1.70 bits per heavy atom. The summed E-state index contributed by atoms with van der Waals surface area (Å²) in [6.07, 6.45) is -16.2. The molecule has 0 aromatic heterocycles. The van der Waals surface area contributed by atoms with Gasteiger partial charge < -0.3 is 9.84 Å². The quantitative estimate of drug-likeness (QED) is 0.482. The van der Waals surface area contributed by atoms with Crippen molar-refractivity contribution in [2.45, 2.75) is 50.7 Å². The fourth-order valence-electron chi connectivity index (χ4n) is 1.42. The summed E-state index contributed by atoms with van der Waals surface area (Å²) in [7, 11) is 0. The largest absolute Gasteiger partial charge is 0.459 e. The lowest BCUT2D eigenvalue weighted by Crippen LogP contribution is -2.50. The molecular weight excluding hydrogens is 294 g/mol. The molecule has 0 bridgehead atoms. The molecule has 0 fully saturated rings. The minimum Gasteiger partial charge on any atom is -0.459 e. The number of alkyl halides is 6. The van der Waals surface area contributed by atoms with Crippen LogP contribution in [0.25, 0.3) is 0 Å². The maximum atomic E-state index is 12.6. The summed E-state index contributed by atoms with van der Waals surface area (Å²) in [6.45, 7) is 5.35. The Morgan fingerprint density at radius 3 is 2.00 bits per heavy atom. The van der Waals surface area contributed by atoms with E-state index in [1.807, 2.05) is 0 Å². The highest BCUT2D eigenvalue weighted by molar-refractivity contribution is 5.87. The molecule has 0 spiro atoms. The SMILES string of the molecule is C=C(C)C(=O)OC(C)CC(O)(CC(F)(F)F)C(F)(F)F. The van der Waals surface area contributed by atoms with Crippen LogP contribution < -0.4 is 0 Å². The van der Waals surface area contributed by atoms with Gasteiger partial charge in [-0.15, -0.1) is 0 Å². The number of hydrogen-bond donors (Lipinski definition) is 1. The van der Waals surface area contributed by atoms with E-state index in [1.165, 1.54) is 6.92 Å². The number of carbonyl (C=O) groups excluding carboxylic acids is 1. The van der Waals surface area contributed by atoms with Crippen LogP contribution in [0.1, 0.15) is 26.7 Å². The molecule has 0 aromatic carbocycles. The van der Waals surface area contributed by atoms with E-state index in [4.69, 9.17) is 0 Å². The first kappa shape index (κ1) is 18.8. The predicted octanol–water partition coefficient (Wildman–Crippen LogP) is 3.13. The first-order valence-electron chi connectivity index (χ1n) is 5.40. The molecule has 0 radical (unpaired) electrons. The highest BCUT2D eigenvalue weighted by Gasteiger charge is 2.59. The Bertz CT molecular complexity index is 373. The van der Waals surface area contributed by atoms with Crippen molar-refractivity contribution in [1.82, 2.24) is 0 Å². The summed E-state index contributed by atoms with van der Waals surface area (Å²) in [5, 5.41) is 9.25. The summed E-state index contributed by atoms with van der Waals surface area (Å²) in [4.78, 5) is 11.1. The predicted molar refractivity (Wildman–Crippen MR) is 56.7 cm³/mol. The molecule has 0 saturated heterocycles. The molecule has 118 valence electrons. The van der Waals surface area contributed by atoms with Crippen molar-refractivity contribution in [3.05, 3.63) is 12.2 Å². The second kappa shape index (κ2) is 6.02. The van der Waals surface area contributed by atoms with Gasteiger partial charge in [-0.25, -0.2) is 4.79 Å². The molecule has 0 rings (SSSR count). The van der Waals surface area contributed by atoms with Crippen LogP contribution in [-0.2, 0) is 9.53 Å². The monoisotopic (exact) mass is 308 g/mol. The molecule has 0 aliphatic heterocycles. The Balaban J connectivity index is 5.01. The van der Waals surface area contributed by atoms with Crippen molar-refractivity contribution in [3.63, 3.8) is 0 Å². The third-order valence-corrected chi connectivity index (χ3v) is 2.30. The van der Waals surface area contributed by atoms with E-state index in [9.17, 15) is 36.2 Å². The summed E-state index contributed by atoms with van der Waals surface area (Å²) in [5.74, 6) is -1.05. The van der Waals surface area contributed by atoms with Gasteiger partial charge in [-0.2, -0.15) is 26.3 Å². The van der Waals surface area contributed by atoms with E-state index >= 15 is 0 Å². The minimum absolute atomic E-state index is 0.122. The van der Waals surface area contributed by atoms with Crippen LogP contribution in [0.4, 0.5) is 26.3 Å². The van der Waals surface area contributed by atoms with Crippen LogP contribution in [0.5, 0.6) is 0 Å². The summed E-state index contributed by atoms with van der Waals surface area (Å²) < 4.78 is 78.6. The van der Waals surface area contributed by atoms with E-state index in [0.29, 0.717) is 0 Å². The maximum absolute atomic E-state index is 12.6. The molecule has 0 aliphatic rings. The van der Waals surface area contributed by atoms with Crippen LogP contribution in [0.15, 0.2) is 12.2 Å². The Kier molecular flexibility index (Phi) is 5.65. The van der Waals surface area contributed by atoms with Gasteiger partial charge in [-0.1, -0.05) is 6.58 Å². The van der Waals surface area contributed by atoms with Crippen LogP contribution in [0.3, 0.4) is 0 Å². The van der Waals surface area contributed by atoms with Gasteiger partial charge in [0, 0.05) is 12.0 Å². The van der Waals surface area contributed by atoms with Gasteiger partial charge in [-0.05, 0) is 13.8 Å².